The topological polar surface area (TPSA) is 43.1 Å². The van der Waals surface area contributed by atoms with E-state index >= 15 is 0 Å². The second kappa shape index (κ2) is 7.31. The lowest BCUT2D eigenvalue weighted by atomic mass is 9.76. The Bertz CT molecular complexity index is 1080. The molecule has 3 aromatic rings. The maximum absolute atomic E-state index is 14.2. The van der Waals surface area contributed by atoms with Gasteiger partial charge in [-0.2, -0.15) is 18.3 Å². The molecule has 0 fully saturated rings. The number of halogens is 6. The van der Waals surface area contributed by atoms with Gasteiger partial charge in [-0.15, -0.1) is 0 Å². The van der Waals surface area contributed by atoms with Gasteiger partial charge in [0.1, 0.15) is 18.1 Å². The number of rotatable bonds is 3. The molecule has 0 radical (unpaired) electrons. The smallest absolute Gasteiger partial charge is 0.288 e. The highest BCUT2D eigenvalue weighted by atomic mass is 35.5. The van der Waals surface area contributed by atoms with Gasteiger partial charge in [-0.25, -0.2) is 9.67 Å². The van der Waals surface area contributed by atoms with E-state index < -0.39 is 18.1 Å². The van der Waals surface area contributed by atoms with Crippen LogP contribution in [0.3, 0.4) is 0 Å². The first-order valence-corrected chi connectivity index (χ1v) is 9.54. The van der Waals surface area contributed by atoms with Crippen LogP contribution in [-0.2, 0) is 5.41 Å². The highest BCUT2D eigenvalue weighted by Crippen LogP contribution is 2.49. The Balaban J connectivity index is 1.71. The molecule has 4 nitrogen and oxygen atoms in total. The van der Waals surface area contributed by atoms with E-state index in [1.165, 1.54) is 35.5 Å². The summed E-state index contributed by atoms with van der Waals surface area (Å²) in [5.41, 5.74) is -0.820. The minimum atomic E-state index is -4.54. The Morgan fingerprint density at radius 1 is 1.00 bits per heavy atom. The Kier molecular flexibility index (Phi) is 5.09. The Labute approximate surface area is 178 Å². The fraction of sp³-hybridized carbons (Fsp3) is 0.211. The number of hydrogen-bond donors (Lipinski definition) is 0. The van der Waals surface area contributed by atoms with E-state index in [1.807, 2.05) is 0 Å². The first-order chi connectivity index (χ1) is 13.7. The third kappa shape index (κ3) is 3.63. The molecule has 0 aliphatic carbocycles. The SMILES string of the molecule is FC(F)(F)C1(c2cc(Cl)cc(Cl)c2)CN=C(c2ccc(-n3cncn3)c(Cl)c2)C1. The highest BCUT2D eigenvalue weighted by Gasteiger charge is 2.58. The van der Waals surface area contributed by atoms with Crippen molar-refractivity contribution in [1.82, 2.24) is 14.8 Å². The standard InChI is InChI=1S/C19H12Cl3F3N4/c20-13-4-12(5-14(21)6-13)18(19(23,24)25)7-16(27-8-18)11-1-2-17(15(22)3-11)29-10-26-9-28-29/h1-6,9-10H,7-8H2. The van der Waals surface area contributed by atoms with Crippen molar-refractivity contribution in [3.05, 3.63) is 75.2 Å². The lowest BCUT2D eigenvalue weighted by Crippen LogP contribution is -2.43. The van der Waals surface area contributed by atoms with Gasteiger partial charge >= 0.3 is 6.18 Å². The largest absolute Gasteiger partial charge is 0.400 e. The van der Waals surface area contributed by atoms with Crippen molar-refractivity contribution in [1.29, 1.82) is 0 Å². The average molecular weight is 460 g/mol. The monoisotopic (exact) mass is 458 g/mol. The molecule has 0 N–H and O–H groups in total. The van der Waals surface area contributed by atoms with Crippen LogP contribution < -0.4 is 0 Å². The predicted molar refractivity (Wildman–Crippen MR) is 107 cm³/mol. The molecule has 0 amide bonds. The van der Waals surface area contributed by atoms with Crippen LogP contribution in [0.25, 0.3) is 5.69 Å². The van der Waals surface area contributed by atoms with Crippen molar-refractivity contribution in [3.8, 4) is 5.69 Å². The van der Waals surface area contributed by atoms with Crippen molar-refractivity contribution in [2.45, 2.75) is 18.0 Å². The van der Waals surface area contributed by atoms with E-state index in [4.69, 9.17) is 34.8 Å². The van der Waals surface area contributed by atoms with Gasteiger partial charge in [0.05, 0.1) is 17.3 Å². The Morgan fingerprint density at radius 2 is 1.72 bits per heavy atom. The summed E-state index contributed by atoms with van der Waals surface area (Å²) in [6.07, 6.45) is -2.05. The first-order valence-electron chi connectivity index (χ1n) is 8.41. The molecule has 1 aromatic heterocycles. The molecule has 0 saturated heterocycles. The van der Waals surface area contributed by atoms with Gasteiger partial charge in [0.15, 0.2) is 0 Å². The molecule has 4 rings (SSSR count). The van der Waals surface area contributed by atoms with Crippen molar-refractivity contribution in [2.24, 2.45) is 4.99 Å². The Morgan fingerprint density at radius 3 is 2.31 bits per heavy atom. The molecule has 1 aliphatic heterocycles. The highest BCUT2D eigenvalue weighted by molar-refractivity contribution is 6.34. The molecule has 0 saturated carbocycles. The van der Waals surface area contributed by atoms with E-state index in [2.05, 4.69) is 15.1 Å². The van der Waals surface area contributed by atoms with Crippen LogP contribution in [-0.4, -0.2) is 33.2 Å². The van der Waals surface area contributed by atoms with E-state index in [0.29, 0.717) is 22.0 Å². The van der Waals surface area contributed by atoms with Crippen LogP contribution in [0.5, 0.6) is 0 Å². The molecule has 10 heteroatoms. The molecule has 29 heavy (non-hydrogen) atoms. The molecule has 150 valence electrons. The summed E-state index contributed by atoms with van der Waals surface area (Å²) in [4.78, 5) is 8.07. The van der Waals surface area contributed by atoms with Crippen LogP contribution >= 0.6 is 34.8 Å². The first kappa shape index (κ1) is 20.2. The van der Waals surface area contributed by atoms with Crippen LogP contribution in [0.15, 0.2) is 54.0 Å². The Hall–Kier alpha value is -2.09. The summed E-state index contributed by atoms with van der Waals surface area (Å²) in [5, 5.41) is 4.61. The van der Waals surface area contributed by atoms with Gasteiger partial charge < -0.3 is 0 Å². The fourth-order valence-electron chi connectivity index (χ4n) is 3.40. The van der Waals surface area contributed by atoms with Crippen molar-refractivity contribution >= 4 is 40.5 Å². The second-order valence-corrected chi connectivity index (χ2v) is 7.96. The van der Waals surface area contributed by atoms with Crippen molar-refractivity contribution in [3.63, 3.8) is 0 Å². The van der Waals surface area contributed by atoms with Crippen molar-refractivity contribution in [2.75, 3.05) is 6.54 Å². The quantitative estimate of drug-likeness (QED) is 0.488. The number of nitrogens with zero attached hydrogens (tertiary/aromatic N) is 4. The van der Waals surface area contributed by atoms with Crippen molar-refractivity contribution < 1.29 is 13.2 Å². The van der Waals surface area contributed by atoms with E-state index in [9.17, 15) is 13.2 Å². The van der Waals surface area contributed by atoms with Crippen LogP contribution in [0.4, 0.5) is 13.2 Å². The lowest BCUT2D eigenvalue weighted by Gasteiger charge is -2.31. The minimum Gasteiger partial charge on any atom is -0.288 e. The number of alkyl halides is 3. The molecular weight excluding hydrogens is 448 g/mol. The molecular formula is C19H12Cl3F3N4. The third-order valence-corrected chi connectivity index (χ3v) is 5.65. The molecule has 1 atom stereocenters. The van der Waals surface area contributed by atoms with Crippen LogP contribution in [0.1, 0.15) is 17.5 Å². The van der Waals surface area contributed by atoms with Gasteiger partial charge in [0.25, 0.3) is 0 Å². The summed E-state index contributed by atoms with van der Waals surface area (Å²) < 4.78 is 44.0. The summed E-state index contributed by atoms with van der Waals surface area (Å²) in [6.45, 7) is -0.453. The maximum Gasteiger partial charge on any atom is 0.400 e. The fourth-order valence-corrected chi connectivity index (χ4v) is 4.20. The molecule has 1 aliphatic rings. The van der Waals surface area contributed by atoms with Gasteiger partial charge in [0.2, 0.25) is 0 Å². The minimum absolute atomic E-state index is 0.00779. The van der Waals surface area contributed by atoms with Crippen LogP contribution in [0.2, 0.25) is 15.1 Å². The van der Waals surface area contributed by atoms with Gasteiger partial charge in [-0.05, 0) is 41.5 Å². The number of hydrogen-bond acceptors (Lipinski definition) is 3. The molecule has 1 unspecified atom stereocenters. The summed E-state index contributed by atoms with van der Waals surface area (Å²) in [7, 11) is 0. The van der Waals surface area contributed by atoms with Gasteiger partial charge in [-0.1, -0.05) is 40.9 Å². The third-order valence-electron chi connectivity index (χ3n) is 4.91. The van der Waals surface area contributed by atoms with E-state index in [-0.39, 0.29) is 22.0 Å². The van der Waals surface area contributed by atoms with Gasteiger partial charge in [-0.3, -0.25) is 4.99 Å². The molecule has 0 bridgehead atoms. The zero-order valence-electron chi connectivity index (χ0n) is 14.6. The normalized spacial score (nSPS) is 19.4. The zero-order chi connectivity index (χ0) is 20.8. The summed E-state index contributed by atoms with van der Waals surface area (Å²) >= 11 is 18.2. The van der Waals surface area contributed by atoms with Crippen LogP contribution in [0, 0.1) is 0 Å². The second-order valence-electron chi connectivity index (χ2n) is 6.68. The predicted octanol–water partition coefficient (Wildman–Crippen LogP) is 5.92. The number of aliphatic imine (C=N–C) groups is 1. The molecule has 2 aromatic carbocycles. The molecule has 2 heterocycles. The number of aromatic nitrogens is 3. The molecule has 0 spiro atoms. The summed E-state index contributed by atoms with van der Waals surface area (Å²) in [6, 6.07) is 8.89. The zero-order valence-corrected chi connectivity index (χ0v) is 16.9. The van der Waals surface area contributed by atoms with E-state index in [0.717, 1.165) is 0 Å². The number of benzene rings is 2. The lowest BCUT2D eigenvalue weighted by molar-refractivity contribution is -0.183. The van der Waals surface area contributed by atoms with Gasteiger partial charge in [0, 0.05) is 22.2 Å². The summed E-state index contributed by atoms with van der Waals surface area (Å²) in [5.74, 6) is 0. The average Bonchev–Trinajstić information content (AvgIpc) is 3.31. The maximum atomic E-state index is 14.2. The van der Waals surface area contributed by atoms with E-state index in [1.54, 1.807) is 18.2 Å².